The molecule has 1 rings (SSSR count). The first-order valence-electron chi connectivity index (χ1n) is 3.64. The summed E-state index contributed by atoms with van der Waals surface area (Å²) < 4.78 is 0. The molecule has 0 aromatic heterocycles. The molecule has 0 radical (unpaired) electrons. The van der Waals surface area contributed by atoms with E-state index >= 15 is 0 Å². The van der Waals surface area contributed by atoms with Gasteiger partial charge in [0, 0.05) is 6.42 Å². The first-order valence-corrected chi connectivity index (χ1v) is 3.64. The van der Waals surface area contributed by atoms with Gasteiger partial charge in [0.25, 0.3) is 0 Å². The van der Waals surface area contributed by atoms with Crippen LogP contribution in [0.5, 0.6) is 5.75 Å². The zero-order chi connectivity index (χ0) is 8.97. The third-order valence-corrected chi connectivity index (χ3v) is 1.58. The second-order valence-corrected chi connectivity index (χ2v) is 2.54. The van der Waals surface area contributed by atoms with Crippen molar-refractivity contribution in [2.45, 2.75) is 12.5 Å². The van der Waals surface area contributed by atoms with E-state index in [9.17, 15) is 9.90 Å². The number of rotatable bonds is 3. The van der Waals surface area contributed by atoms with Crippen LogP contribution < -0.4 is 0 Å². The fourth-order valence-electron chi connectivity index (χ4n) is 0.957. The molecule has 3 nitrogen and oxygen atoms in total. The summed E-state index contributed by atoms with van der Waals surface area (Å²) in [6, 6.07) is 6.62. The normalized spacial score (nSPS) is 12.4. The van der Waals surface area contributed by atoms with Crippen LogP contribution in [0.2, 0.25) is 0 Å². The third-order valence-electron chi connectivity index (χ3n) is 1.58. The standard InChI is InChI=1S/C9H10O3/c10-6-8(11)5-7-3-1-2-4-9(7)12/h1-4,6,8,11-12H,5H2. The molecular weight excluding hydrogens is 156 g/mol. The highest BCUT2D eigenvalue weighted by Gasteiger charge is 2.06. The van der Waals surface area contributed by atoms with E-state index in [2.05, 4.69) is 0 Å². The first kappa shape index (κ1) is 8.74. The van der Waals surface area contributed by atoms with Gasteiger partial charge in [-0.1, -0.05) is 18.2 Å². The van der Waals surface area contributed by atoms with E-state index < -0.39 is 6.10 Å². The molecule has 0 spiro atoms. The molecule has 0 saturated carbocycles. The summed E-state index contributed by atoms with van der Waals surface area (Å²) in [6.07, 6.45) is -0.416. The third kappa shape index (κ3) is 2.07. The smallest absolute Gasteiger partial charge is 0.148 e. The van der Waals surface area contributed by atoms with Gasteiger partial charge in [0.2, 0.25) is 0 Å². The van der Waals surface area contributed by atoms with E-state index in [-0.39, 0.29) is 12.2 Å². The van der Waals surface area contributed by atoms with Crippen molar-refractivity contribution in [3.05, 3.63) is 29.8 Å². The number of hydrogen-bond donors (Lipinski definition) is 2. The topological polar surface area (TPSA) is 57.5 Å². The molecule has 0 bridgehead atoms. The molecule has 2 N–H and O–H groups in total. The Morgan fingerprint density at radius 2 is 2.08 bits per heavy atom. The lowest BCUT2D eigenvalue weighted by Crippen LogP contribution is -2.11. The molecule has 64 valence electrons. The van der Waals surface area contributed by atoms with Gasteiger partial charge in [-0.15, -0.1) is 0 Å². The summed E-state index contributed by atoms with van der Waals surface area (Å²) in [7, 11) is 0. The maximum Gasteiger partial charge on any atom is 0.148 e. The molecule has 0 fully saturated rings. The lowest BCUT2D eigenvalue weighted by atomic mass is 10.1. The maximum absolute atomic E-state index is 10.1. The molecule has 1 unspecified atom stereocenters. The van der Waals surface area contributed by atoms with E-state index in [0.717, 1.165) is 0 Å². The number of aromatic hydroxyl groups is 1. The van der Waals surface area contributed by atoms with E-state index in [1.807, 2.05) is 0 Å². The highest BCUT2D eigenvalue weighted by Crippen LogP contribution is 2.16. The van der Waals surface area contributed by atoms with Crippen LogP contribution >= 0.6 is 0 Å². The minimum atomic E-state index is -1.03. The predicted molar refractivity (Wildman–Crippen MR) is 43.9 cm³/mol. The minimum Gasteiger partial charge on any atom is -0.508 e. The fraction of sp³-hybridized carbons (Fsp3) is 0.222. The number of phenols is 1. The molecule has 0 saturated heterocycles. The largest absolute Gasteiger partial charge is 0.508 e. The van der Waals surface area contributed by atoms with Crippen LogP contribution in [0.15, 0.2) is 24.3 Å². The van der Waals surface area contributed by atoms with Gasteiger partial charge in [0.1, 0.15) is 18.1 Å². The molecule has 1 aromatic carbocycles. The van der Waals surface area contributed by atoms with Gasteiger partial charge < -0.3 is 15.0 Å². The van der Waals surface area contributed by atoms with Crippen LogP contribution in [0, 0.1) is 0 Å². The minimum absolute atomic E-state index is 0.110. The first-order chi connectivity index (χ1) is 5.74. The van der Waals surface area contributed by atoms with Gasteiger partial charge in [-0.2, -0.15) is 0 Å². The highest BCUT2D eigenvalue weighted by atomic mass is 16.3. The Labute approximate surface area is 70.3 Å². The Kier molecular flexibility index (Phi) is 2.82. The van der Waals surface area contributed by atoms with Gasteiger partial charge in [-0.25, -0.2) is 0 Å². The predicted octanol–water partition coefficient (Wildman–Crippen LogP) is 0.494. The number of aliphatic hydroxyl groups is 1. The van der Waals surface area contributed by atoms with Crippen molar-refractivity contribution < 1.29 is 15.0 Å². The Hall–Kier alpha value is -1.35. The molecule has 1 atom stereocenters. The molecule has 0 aliphatic rings. The quantitative estimate of drug-likeness (QED) is 0.642. The van der Waals surface area contributed by atoms with Crippen molar-refractivity contribution in [3.63, 3.8) is 0 Å². The Balaban J connectivity index is 2.75. The molecule has 0 amide bonds. The van der Waals surface area contributed by atoms with E-state index in [1.165, 1.54) is 6.07 Å². The van der Waals surface area contributed by atoms with Crippen LogP contribution in [0.25, 0.3) is 0 Å². The zero-order valence-corrected chi connectivity index (χ0v) is 6.47. The van der Waals surface area contributed by atoms with Crippen LogP contribution in [-0.4, -0.2) is 22.6 Å². The molecule has 0 aliphatic heterocycles. The second kappa shape index (κ2) is 3.88. The molecular formula is C9H10O3. The summed E-state index contributed by atoms with van der Waals surface area (Å²) in [5.41, 5.74) is 0.581. The number of para-hydroxylation sites is 1. The van der Waals surface area contributed by atoms with Crippen molar-refractivity contribution in [2.24, 2.45) is 0 Å². The Morgan fingerprint density at radius 3 is 2.67 bits per heavy atom. The van der Waals surface area contributed by atoms with Crippen LogP contribution in [-0.2, 0) is 11.2 Å². The average molecular weight is 166 g/mol. The molecule has 0 heterocycles. The number of carbonyl (C=O) groups is 1. The summed E-state index contributed by atoms with van der Waals surface area (Å²) in [5.74, 6) is 0.110. The van der Waals surface area contributed by atoms with Gasteiger partial charge in [0.05, 0.1) is 0 Å². The van der Waals surface area contributed by atoms with Crippen LogP contribution in [0.3, 0.4) is 0 Å². The van der Waals surface area contributed by atoms with Crippen molar-refractivity contribution in [3.8, 4) is 5.75 Å². The number of aliphatic hydroxyl groups excluding tert-OH is 1. The Bertz CT molecular complexity index is 270. The number of phenolic OH excluding ortho intramolecular Hbond substituents is 1. The van der Waals surface area contributed by atoms with Gasteiger partial charge in [0.15, 0.2) is 0 Å². The molecule has 0 aliphatic carbocycles. The van der Waals surface area contributed by atoms with Crippen molar-refractivity contribution in [1.82, 2.24) is 0 Å². The maximum atomic E-state index is 10.1. The molecule has 3 heteroatoms. The number of carbonyl (C=O) groups excluding carboxylic acids is 1. The Morgan fingerprint density at radius 1 is 1.42 bits per heavy atom. The molecule has 12 heavy (non-hydrogen) atoms. The summed E-state index contributed by atoms with van der Waals surface area (Å²) >= 11 is 0. The van der Waals surface area contributed by atoms with E-state index in [4.69, 9.17) is 5.11 Å². The summed E-state index contributed by atoms with van der Waals surface area (Å²) in [4.78, 5) is 10.1. The van der Waals surface area contributed by atoms with Crippen molar-refractivity contribution >= 4 is 6.29 Å². The van der Waals surface area contributed by atoms with Gasteiger partial charge in [-0.3, -0.25) is 0 Å². The summed E-state index contributed by atoms with van der Waals surface area (Å²) in [5, 5.41) is 18.2. The van der Waals surface area contributed by atoms with Gasteiger partial charge >= 0.3 is 0 Å². The van der Waals surface area contributed by atoms with E-state index in [0.29, 0.717) is 11.8 Å². The van der Waals surface area contributed by atoms with Crippen molar-refractivity contribution in [2.75, 3.05) is 0 Å². The summed E-state index contributed by atoms with van der Waals surface area (Å²) in [6.45, 7) is 0. The average Bonchev–Trinajstić information content (AvgIpc) is 2.09. The number of aldehydes is 1. The second-order valence-electron chi connectivity index (χ2n) is 2.54. The lowest BCUT2D eigenvalue weighted by Gasteiger charge is -2.04. The number of hydrogen-bond acceptors (Lipinski definition) is 3. The monoisotopic (exact) mass is 166 g/mol. The lowest BCUT2D eigenvalue weighted by molar-refractivity contribution is -0.114. The SMILES string of the molecule is O=CC(O)Cc1ccccc1O. The van der Waals surface area contributed by atoms with Crippen LogP contribution in [0.4, 0.5) is 0 Å². The number of benzene rings is 1. The van der Waals surface area contributed by atoms with Gasteiger partial charge in [-0.05, 0) is 11.6 Å². The van der Waals surface area contributed by atoms with E-state index in [1.54, 1.807) is 18.2 Å². The fourth-order valence-corrected chi connectivity index (χ4v) is 0.957. The van der Waals surface area contributed by atoms with Crippen molar-refractivity contribution in [1.29, 1.82) is 0 Å². The zero-order valence-electron chi connectivity index (χ0n) is 6.47. The highest BCUT2D eigenvalue weighted by molar-refractivity contribution is 5.56. The molecule has 1 aromatic rings. The van der Waals surface area contributed by atoms with Crippen LogP contribution in [0.1, 0.15) is 5.56 Å².